The van der Waals surface area contributed by atoms with Gasteiger partial charge in [-0.05, 0) is 35.9 Å². The van der Waals surface area contributed by atoms with Gasteiger partial charge in [-0.1, -0.05) is 24.3 Å². The van der Waals surface area contributed by atoms with Gasteiger partial charge < -0.3 is 10.1 Å². The van der Waals surface area contributed by atoms with Gasteiger partial charge in [-0.3, -0.25) is 9.10 Å². The van der Waals surface area contributed by atoms with Crippen molar-refractivity contribution in [1.29, 1.82) is 0 Å². The Morgan fingerprint density at radius 1 is 1.03 bits per heavy atom. The second kappa shape index (κ2) is 8.32. The highest BCUT2D eigenvalue weighted by atomic mass is 32.2. The molecule has 0 fully saturated rings. The van der Waals surface area contributed by atoms with Gasteiger partial charge in [-0.25, -0.2) is 13.4 Å². The predicted octanol–water partition coefficient (Wildman–Crippen LogP) is 3.41. The molecule has 1 N–H and O–H groups in total. The lowest BCUT2D eigenvalue weighted by atomic mass is 10.1. The number of sulfonamides is 1. The molecule has 8 heteroatoms. The maximum absolute atomic E-state index is 12.7. The molecule has 0 spiro atoms. The molecule has 0 saturated carbocycles. The van der Waals surface area contributed by atoms with Crippen molar-refractivity contribution in [3.8, 4) is 17.0 Å². The number of carbonyl (C=O) groups is 1. The normalized spacial score (nSPS) is 11.0. The number of rotatable bonds is 6. The topological polar surface area (TPSA) is 88.6 Å². The van der Waals surface area contributed by atoms with Crippen LogP contribution in [0.25, 0.3) is 11.1 Å². The van der Waals surface area contributed by atoms with Gasteiger partial charge in [0.15, 0.2) is 0 Å². The van der Waals surface area contributed by atoms with Crippen molar-refractivity contribution in [1.82, 2.24) is 4.98 Å². The summed E-state index contributed by atoms with van der Waals surface area (Å²) < 4.78 is 30.3. The Bertz CT molecular complexity index is 1110. The van der Waals surface area contributed by atoms with E-state index in [0.717, 1.165) is 21.7 Å². The van der Waals surface area contributed by atoms with Crippen LogP contribution in [0.3, 0.4) is 0 Å². The first-order valence-corrected chi connectivity index (χ1v) is 10.6. The Kier molecular flexibility index (Phi) is 5.84. The number of amides is 1. The summed E-state index contributed by atoms with van der Waals surface area (Å²) in [6.45, 7) is 0. The Balaban J connectivity index is 2.04. The number of pyridine rings is 1. The number of aromatic nitrogens is 1. The Morgan fingerprint density at radius 2 is 1.72 bits per heavy atom. The highest BCUT2D eigenvalue weighted by molar-refractivity contribution is 7.92. The third kappa shape index (κ3) is 4.72. The molecule has 0 aliphatic rings. The van der Waals surface area contributed by atoms with E-state index in [1.807, 2.05) is 12.1 Å². The fourth-order valence-electron chi connectivity index (χ4n) is 2.72. The average molecular weight is 411 g/mol. The van der Waals surface area contributed by atoms with E-state index in [-0.39, 0.29) is 5.91 Å². The molecular weight excluding hydrogens is 390 g/mol. The molecule has 0 radical (unpaired) electrons. The number of benzene rings is 2. The number of ether oxygens (including phenoxy) is 1. The van der Waals surface area contributed by atoms with Gasteiger partial charge in [-0.15, -0.1) is 0 Å². The van der Waals surface area contributed by atoms with Crippen LogP contribution in [0.15, 0.2) is 66.9 Å². The average Bonchev–Trinajstić information content (AvgIpc) is 2.73. The van der Waals surface area contributed by atoms with E-state index in [1.165, 1.54) is 14.2 Å². The monoisotopic (exact) mass is 411 g/mol. The van der Waals surface area contributed by atoms with E-state index in [2.05, 4.69) is 10.3 Å². The smallest absolute Gasteiger partial charge is 0.255 e. The van der Waals surface area contributed by atoms with Gasteiger partial charge >= 0.3 is 0 Å². The van der Waals surface area contributed by atoms with Gasteiger partial charge in [0.25, 0.3) is 5.91 Å². The molecule has 0 aliphatic heterocycles. The molecule has 0 unspecified atom stereocenters. The Labute approximate surface area is 170 Å². The van der Waals surface area contributed by atoms with Crippen LogP contribution in [-0.4, -0.2) is 39.7 Å². The van der Waals surface area contributed by atoms with E-state index < -0.39 is 10.0 Å². The van der Waals surface area contributed by atoms with Gasteiger partial charge in [0.1, 0.15) is 0 Å². The number of hydrogen-bond donors (Lipinski definition) is 1. The van der Waals surface area contributed by atoms with Crippen molar-refractivity contribution in [2.24, 2.45) is 0 Å². The molecule has 0 atom stereocenters. The summed E-state index contributed by atoms with van der Waals surface area (Å²) in [5.74, 6) is 0.151. The van der Waals surface area contributed by atoms with Crippen LogP contribution in [0.4, 0.5) is 11.4 Å². The lowest BCUT2D eigenvalue weighted by molar-refractivity contribution is 0.102. The first-order chi connectivity index (χ1) is 13.8. The number of methoxy groups -OCH3 is 1. The van der Waals surface area contributed by atoms with Crippen molar-refractivity contribution >= 4 is 27.3 Å². The summed E-state index contributed by atoms with van der Waals surface area (Å²) in [5.41, 5.74) is 2.78. The molecule has 0 saturated heterocycles. The summed E-state index contributed by atoms with van der Waals surface area (Å²) >= 11 is 0. The predicted molar refractivity (Wildman–Crippen MR) is 114 cm³/mol. The highest BCUT2D eigenvalue weighted by Gasteiger charge is 2.18. The van der Waals surface area contributed by atoms with E-state index in [1.54, 1.807) is 54.7 Å². The second-order valence-electron chi connectivity index (χ2n) is 6.37. The number of nitrogens with one attached hydrogen (secondary N) is 1. The molecule has 150 valence electrons. The van der Waals surface area contributed by atoms with Gasteiger partial charge in [0, 0.05) is 30.4 Å². The summed E-state index contributed by atoms with van der Waals surface area (Å²) in [6.07, 6.45) is 2.76. The lowest BCUT2D eigenvalue weighted by Crippen LogP contribution is -2.26. The van der Waals surface area contributed by atoms with Gasteiger partial charge in [0.05, 0.1) is 24.7 Å². The zero-order valence-electron chi connectivity index (χ0n) is 16.3. The molecule has 1 aromatic heterocycles. The molecule has 3 aromatic rings. The zero-order valence-corrected chi connectivity index (χ0v) is 17.1. The van der Waals surface area contributed by atoms with Crippen LogP contribution in [0.5, 0.6) is 5.88 Å². The third-order valence-electron chi connectivity index (χ3n) is 4.40. The Hall–Kier alpha value is -3.39. The lowest BCUT2D eigenvalue weighted by Gasteiger charge is -2.21. The van der Waals surface area contributed by atoms with Gasteiger partial charge in [-0.2, -0.15) is 0 Å². The van der Waals surface area contributed by atoms with Crippen molar-refractivity contribution in [3.05, 3.63) is 72.4 Å². The number of anilines is 2. The first kappa shape index (κ1) is 20.3. The zero-order chi connectivity index (χ0) is 21.0. The first-order valence-electron chi connectivity index (χ1n) is 8.74. The maximum atomic E-state index is 12.7. The molecule has 7 nitrogen and oxygen atoms in total. The molecule has 0 bridgehead atoms. The number of nitrogens with zero attached hydrogens (tertiary/aromatic N) is 2. The van der Waals surface area contributed by atoms with E-state index in [9.17, 15) is 13.2 Å². The van der Waals surface area contributed by atoms with Crippen LogP contribution in [0, 0.1) is 0 Å². The third-order valence-corrected chi connectivity index (χ3v) is 5.59. The number of hydrogen-bond acceptors (Lipinski definition) is 5. The molecule has 29 heavy (non-hydrogen) atoms. The number of carbonyl (C=O) groups excluding carboxylic acids is 1. The molecule has 3 rings (SSSR count). The van der Waals surface area contributed by atoms with Crippen LogP contribution in [-0.2, 0) is 10.0 Å². The SMILES string of the molecule is COc1ccc(-c2ccc(N(C)S(C)(=O)=O)c(NC(=O)c3ccccc3)c2)cn1. The molecular formula is C21H21N3O4S. The highest BCUT2D eigenvalue weighted by Crippen LogP contribution is 2.32. The summed E-state index contributed by atoms with van der Waals surface area (Å²) in [7, 11) is -0.533. The molecule has 0 aliphatic carbocycles. The standard InChI is InChI=1S/C21H21N3O4S/c1-24(29(3,26)27)19-11-9-16(17-10-12-20(28-2)22-14-17)13-18(19)23-21(25)15-7-5-4-6-8-15/h4-14H,1-3H3,(H,23,25). The molecule has 1 amide bonds. The van der Waals surface area contributed by atoms with Crippen LogP contribution < -0.4 is 14.4 Å². The fourth-order valence-corrected chi connectivity index (χ4v) is 3.24. The Morgan fingerprint density at radius 3 is 2.31 bits per heavy atom. The minimum absolute atomic E-state index is 0.334. The largest absolute Gasteiger partial charge is 0.481 e. The van der Waals surface area contributed by atoms with E-state index in [4.69, 9.17) is 4.74 Å². The summed E-state index contributed by atoms with van der Waals surface area (Å²) in [4.78, 5) is 16.9. The van der Waals surface area contributed by atoms with Crippen LogP contribution >= 0.6 is 0 Å². The van der Waals surface area contributed by atoms with Crippen molar-refractivity contribution in [2.45, 2.75) is 0 Å². The summed E-state index contributed by atoms with van der Waals surface area (Å²) in [6, 6.07) is 17.4. The second-order valence-corrected chi connectivity index (χ2v) is 8.39. The maximum Gasteiger partial charge on any atom is 0.255 e. The van der Waals surface area contributed by atoms with Crippen molar-refractivity contribution in [3.63, 3.8) is 0 Å². The van der Waals surface area contributed by atoms with E-state index >= 15 is 0 Å². The van der Waals surface area contributed by atoms with Crippen LogP contribution in [0.1, 0.15) is 10.4 Å². The molecule has 2 aromatic carbocycles. The fraction of sp³-hybridized carbons (Fsp3) is 0.143. The van der Waals surface area contributed by atoms with Crippen molar-refractivity contribution < 1.29 is 17.9 Å². The minimum atomic E-state index is -3.51. The van der Waals surface area contributed by atoms with Gasteiger partial charge in [0.2, 0.25) is 15.9 Å². The molecule has 1 heterocycles. The quantitative estimate of drug-likeness (QED) is 0.672. The summed E-state index contributed by atoms with van der Waals surface area (Å²) in [5, 5.41) is 2.82. The van der Waals surface area contributed by atoms with E-state index in [0.29, 0.717) is 22.8 Å². The minimum Gasteiger partial charge on any atom is -0.481 e. The van der Waals surface area contributed by atoms with Crippen LogP contribution in [0.2, 0.25) is 0 Å². The van der Waals surface area contributed by atoms with Crippen molar-refractivity contribution in [2.75, 3.05) is 30.0 Å².